The highest BCUT2D eigenvalue weighted by atomic mass is 16.5. The molecule has 0 fully saturated rings. The summed E-state index contributed by atoms with van der Waals surface area (Å²) in [4.78, 5) is 47.1. The number of hydrogen-bond acceptors (Lipinski definition) is 6. The minimum atomic E-state index is -0.463. The van der Waals surface area contributed by atoms with Crippen molar-refractivity contribution >= 4 is 35.9 Å². The highest BCUT2D eigenvalue weighted by Crippen LogP contribution is 2.04. The lowest BCUT2D eigenvalue weighted by Crippen LogP contribution is -2.28. The number of nitrogens with one attached hydrogen (secondary N) is 2. The van der Waals surface area contributed by atoms with Gasteiger partial charge in [0, 0.05) is 25.0 Å². The molecule has 0 aliphatic heterocycles. The van der Waals surface area contributed by atoms with Crippen molar-refractivity contribution in [3.8, 4) is 0 Å². The van der Waals surface area contributed by atoms with Crippen LogP contribution in [0.4, 0.5) is 0 Å². The van der Waals surface area contributed by atoms with Crippen LogP contribution >= 0.6 is 0 Å². The molecule has 0 aliphatic rings. The van der Waals surface area contributed by atoms with Crippen LogP contribution in [0.15, 0.2) is 72.8 Å². The second kappa shape index (κ2) is 18.1. The maximum Gasteiger partial charge on any atom is 0.330 e. The van der Waals surface area contributed by atoms with Gasteiger partial charge in [-0.1, -0.05) is 67.1 Å². The summed E-state index contributed by atoms with van der Waals surface area (Å²) in [5.74, 6) is -1.17. The van der Waals surface area contributed by atoms with Crippen molar-refractivity contribution in [3.05, 3.63) is 83.9 Å². The second-order valence-corrected chi connectivity index (χ2v) is 8.08. The van der Waals surface area contributed by atoms with Crippen molar-refractivity contribution in [2.24, 2.45) is 0 Å². The Morgan fingerprint density at radius 1 is 0.595 bits per heavy atom. The van der Waals surface area contributed by atoms with E-state index in [1.807, 2.05) is 60.7 Å². The van der Waals surface area contributed by atoms with Gasteiger partial charge in [0.2, 0.25) is 11.8 Å². The molecule has 2 aromatic rings. The molecule has 0 unspecified atom stereocenters. The predicted octanol–water partition coefficient (Wildman–Crippen LogP) is 3.68. The molecule has 0 heterocycles. The molecular weight excluding hydrogens is 472 g/mol. The van der Waals surface area contributed by atoms with Gasteiger partial charge < -0.3 is 20.1 Å². The average molecular weight is 507 g/mol. The first-order valence-corrected chi connectivity index (χ1v) is 12.4. The largest absolute Gasteiger partial charge is 0.461 e. The monoisotopic (exact) mass is 506 g/mol. The number of esters is 2. The van der Waals surface area contributed by atoms with E-state index < -0.39 is 11.9 Å². The van der Waals surface area contributed by atoms with E-state index in [2.05, 4.69) is 10.6 Å². The van der Waals surface area contributed by atoms with E-state index in [4.69, 9.17) is 9.47 Å². The fourth-order valence-corrected chi connectivity index (χ4v) is 3.16. The van der Waals surface area contributed by atoms with Crippen LogP contribution in [0.3, 0.4) is 0 Å². The number of hydrogen-bond donors (Lipinski definition) is 2. The highest BCUT2D eigenvalue weighted by molar-refractivity contribution is 5.87. The molecule has 2 amide bonds. The maximum absolute atomic E-state index is 11.9. The van der Waals surface area contributed by atoms with Gasteiger partial charge in [-0.05, 0) is 36.1 Å². The van der Waals surface area contributed by atoms with Crippen LogP contribution in [0.25, 0.3) is 12.2 Å². The topological polar surface area (TPSA) is 111 Å². The van der Waals surface area contributed by atoms with Crippen LogP contribution in [-0.2, 0) is 28.7 Å². The van der Waals surface area contributed by atoms with Crippen LogP contribution in [-0.4, -0.2) is 50.1 Å². The van der Waals surface area contributed by atoms with Crippen LogP contribution in [0, 0.1) is 0 Å². The zero-order valence-corrected chi connectivity index (χ0v) is 20.9. The van der Waals surface area contributed by atoms with Crippen LogP contribution in [0.5, 0.6) is 0 Å². The molecule has 2 aromatic carbocycles. The lowest BCUT2D eigenvalue weighted by atomic mass is 10.1. The minimum Gasteiger partial charge on any atom is -0.461 e. The van der Waals surface area contributed by atoms with E-state index in [9.17, 15) is 19.2 Å². The zero-order valence-electron chi connectivity index (χ0n) is 20.9. The summed E-state index contributed by atoms with van der Waals surface area (Å²) in [5.41, 5.74) is 1.80. The van der Waals surface area contributed by atoms with Gasteiger partial charge in [0.25, 0.3) is 0 Å². The third-order valence-electron chi connectivity index (χ3n) is 5.07. The zero-order chi connectivity index (χ0) is 26.6. The number of carbonyl (C=O) groups excluding carboxylic acids is 4. The number of benzene rings is 2. The van der Waals surface area contributed by atoms with Crippen molar-refractivity contribution < 1.29 is 28.7 Å². The SMILES string of the molecule is O=C(CCCCCC(=O)NCCOC(=O)C=Cc1ccccc1)NCCOC(=O)C=Cc1ccccc1. The minimum absolute atomic E-state index is 0.0997. The predicted molar refractivity (Wildman–Crippen MR) is 142 cm³/mol. The van der Waals surface area contributed by atoms with E-state index >= 15 is 0 Å². The standard InChI is InChI=1S/C29H34N2O6/c32-26(30-20-22-36-28(34)18-16-24-10-4-1-5-11-24)14-8-3-9-15-27(33)31-21-23-37-29(35)19-17-25-12-6-2-7-13-25/h1-2,4-7,10-13,16-19H,3,8-9,14-15,20-23H2,(H,30,32)(H,31,33). The molecule has 2 N–H and O–H groups in total. The molecule has 196 valence electrons. The van der Waals surface area contributed by atoms with Gasteiger partial charge in [-0.2, -0.15) is 0 Å². The second-order valence-electron chi connectivity index (χ2n) is 8.08. The smallest absolute Gasteiger partial charge is 0.330 e. The molecule has 0 atom stereocenters. The van der Waals surface area contributed by atoms with Crippen LogP contribution in [0.1, 0.15) is 43.2 Å². The number of ether oxygens (including phenoxy) is 2. The molecule has 2 rings (SSSR count). The first kappa shape index (κ1) is 29.0. The summed E-state index contributed by atoms with van der Waals surface area (Å²) in [6.07, 6.45) is 8.78. The van der Waals surface area contributed by atoms with Gasteiger partial charge >= 0.3 is 11.9 Å². The van der Waals surface area contributed by atoms with E-state index in [-0.39, 0.29) is 38.1 Å². The van der Waals surface area contributed by atoms with Gasteiger partial charge in [0.1, 0.15) is 13.2 Å². The molecule has 8 nitrogen and oxygen atoms in total. The molecular formula is C29H34N2O6. The summed E-state index contributed by atoms with van der Waals surface area (Å²) in [6.45, 7) is 0.697. The Bertz CT molecular complexity index is 951. The number of amides is 2. The third-order valence-corrected chi connectivity index (χ3v) is 5.07. The fraction of sp³-hybridized carbons (Fsp3) is 0.310. The van der Waals surface area contributed by atoms with Gasteiger partial charge in [-0.25, -0.2) is 9.59 Å². The molecule has 0 aromatic heterocycles. The van der Waals surface area contributed by atoms with Crippen molar-refractivity contribution in [2.75, 3.05) is 26.3 Å². The highest BCUT2D eigenvalue weighted by Gasteiger charge is 2.05. The fourth-order valence-electron chi connectivity index (χ4n) is 3.16. The Hall–Kier alpha value is -4.20. The van der Waals surface area contributed by atoms with E-state index in [1.54, 1.807) is 12.2 Å². The Labute approximate surface area is 217 Å². The molecule has 8 heteroatoms. The molecule has 0 aliphatic carbocycles. The molecule has 0 radical (unpaired) electrons. The van der Waals surface area contributed by atoms with Gasteiger partial charge in [0.05, 0.1) is 13.1 Å². The number of rotatable bonds is 16. The molecule has 37 heavy (non-hydrogen) atoms. The summed E-state index contributed by atoms with van der Waals surface area (Å²) in [6, 6.07) is 18.8. The Morgan fingerprint density at radius 2 is 1.00 bits per heavy atom. The summed E-state index contributed by atoms with van der Waals surface area (Å²) in [7, 11) is 0. The van der Waals surface area contributed by atoms with Gasteiger partial charge in [-0.3, -0.25) is 9.59 Å². The number of unbranched alkanes of at least 4 members (excludes halogenated alkanes) is 2. The van der Waals surface area contributed by atoms with Gasteiger partial charge in [-0.15, -0.1) is 0 Å². The maximum atomic E-state index is 11.9. The molecule has 0 spiro atoms. The normalized spacial score (nSPS) is 10.8. The molecule has 0 saturated carbocycles. The quantitative estimate of drug-likeness (QED) is 0.204. The van der Waals surface area contributed by atoms with E-state index in [0.29, 0.717) is 25.7 Å². The third kappa shape index (κ3) is 14.7. The van der Waals surface area contributed by atoms with Crippen molar-refractivity contribution in [1.82, 2.24) is 10.6 Å². The first-order chi connectivity index (χ1) is 18.0. The summed E-state index contributed by atoms with van der Waals surface area (Å²) in [5, 5.41) is 5.41. The van der Waals surface area contributed by atoms with Crippen molar-refractivity contribution in [3.63, 3.8) is 0 Å². The lowest BCUT2D eigenvalue weighted by Gasteiger charge is -2.07. The first-order valence-electron chi connectivity index (χ1n) is 12.4. The Morgan fingerprint density at radius 3 is 1.41 bits per heavy atom. The van der Waals surface area contributed by atoms with Crippen LogP contribution < -0.4 is 10.6 Å². The molecule has 0 saturated heterocycles. The van der Waals surface area contributed by atoms with E-state index in [1.165, 1.54) is 12.2 Å². The number of carbonyl (C=O) groups is 4. The van der Waals surface area contributed by atoms with Crippen molar-refractivity contribution in [1.29, 1.82) is 0 Å². The van der Waals surface area contributed by atoms with E-state index in [0.717, 1.165) is 17.5 Å². The summed E-state index contributed by atoms with van der Waals surface area (Å²) >= 11 is 0. The summed E-state index contributed by atoms with van der Waals surface area (Å²) < 4.78 is 10.1. The Kier molecular flexibility index (Phi) is 14.2. The lowest BCUT2D eigenvalue weighted by molar-refractivity contribution is -0.138. The van der Waals surface area contributed by atoms with Crippen LogP contribution in [0.2, 0.25) is 0 Å². The molecule has 0 bridgehead atoms. The Balaban J connectivity index is 1.40. The average Bonchev–Trinajstić information content (AvgIpc) is 2.92. The van der Waals surface area contributed by atoms with Gasteiger partial charge in [0.15, 0.2) is 0 Å². The van der Waals surface area contributed by atoms with Crippen molar-refractivity contribution in [2.45, 2.75) is 32.1 Å².